The minimum atomic E-state index is -3.82. The van der Waals surface area contributed by atoms with E-state index in [0.717, 1.165) is 6.26 Å². The van der Waals surface area contributed by atoms with Crippen molar-refractivity contribution in [3.63, 3.8) is 0 Å². The topological polar surface area (TPSA) is 95.7 Å². The molecule has 0 aliphatic heterocycles. The summed E-state index contributed by atoms with van der Waals surface area (Å²) in [7, 11) is -2.60. The Morgan fingerprint density at radius 3 is 2.15 bits per heavy atom. The number of methoxy groups -OCH3 is 1. The highest BCUT2D eigenvalue weighted by atomic mass is 32.2. The summed E-state index contributed by atoms with van der Waals surface area (Å²) in [5.41, 5.74) is -0.172. The van der Waals surface area contributed by atoms with Crippen LogP contribution >= 0.6 is 0 Å². The van der Waals surface area contributed by atoms with Crippen LogP contribution in [0, 0.1) is 10.1 Å². The molecule has 0 atom stereocenters. The number of hydrogen-bond donors (Lipinski definition) is 0. The summed E-state index contributed by atoms with van der Waals surface area (Å²) < 4.78 is 32.2. The first-order chi connectivity index (χ1) is 8.95. The number of nitro benzene ring substituents is 1. The molecular weight excluding hydrogens is 286 g/mol. The summed E-state index contributed by atoms with van der Waals surface area (Å²) in [4.78, 5) is 10.5. The molecule has 0 saturated heterocycles. The molecule has 0 heterocycles. The second kappa shape index (κ2) is 5.28. The van der Waals surface area contributed by atoms with Crippen LogP contribution in [0.25, 0.3) is 0 Å². The third kappa shape index (κ3) is 3.83. The van der Waals surface area contributed by atoms with E-state index in [2.05, 4.69) is 0 Å². The maximum atomic E-state index is 11.3. The number of hydrogen-bond acceptors (Lipinski definition) is 6. The van der Waals surface area contributed by atoms with Gasteiger partial charge in [-0.1, -0.05) is 20.8 Å². The number of nitrogens with zero attached hydrogens (tertiary/aromatic N) is 1. The number of nitro groups is 1. The Balaban J connectivity index is 3.62. The van der Waals surface area contributed by atoms with Gasteiger partial charge in [0, 0.05) is 6.07 Å². The van der Waals surface area contributed by atoms with Crippen molar-refractivity contribution in [2.75, 3.05) is 13.4 Å². The van der Waals surface area contributed by atoms with Crippen molar-refractivity contribution in [1.29, 1.82) is 0 Å². The highest BCUT2D eigenvalue weighted by molar-refractivity contribution is 7.86. The Kier molecular flexibility index (Phi) is 4.28. The zero-order valence-electron chi connectivity index (χ0n) is 12.0. The zero-order valence-corrected chi connectivity index (χ0v) is 12.8. The summed E-state index contributed by atoms with van der Waals surface area (Å²) in [6.07, 6.45) is 0.863. The van der Waals surface area contributed by atoms with Crippen molar-refractivity contribution in [2.24, 2.45) is 0 Å². The molecule has 7 nitrogen and oxygen atoms in total. The Hall–Kier alpha value is -1.83. The molecular formula is C12H17NO6S. The second-order valence-electron chi connectivity index (χ2n) is 5.32. The van der Waals surface area contributed by atoms with Gasteiger partial charge in [0.05, 0.1) is 18.3 Å². The van der Waals surface area contributed by atoms with Gasteiger partial charge in [0.25, 0.3) is 0 Å². The second-order valence-corrected chi connectivity index (χ2v) is 6.90. The Bertz CT molecular complexity index is 630. The summed E-state index contributed by atoms with van der Waals surface area (Å²) in [6, 6.07) is 2.79. The minimum Gasteiger partial charge on any atom is -0.488 e. The first-order valence-electron chi connectivity index (χ1n) is 5.72. The molecule has 1 aromatic carbocycles. The molecule has 0 fully saturated rings. The maximum Gasteiger partial charge on any atom is 0.315 e. The van der Waals surface area contributed by atoms with Gasteiger partial charge in [0.1, 0.15) is 0 Å². The average Bonchev–Trinajstić information content (AvgIpc) is 2.24. The lowest BCUT2D eigenvalue weighted by atomic mass is 9.86. The van der Waals surface area contributed by atoms with E-state index in [9.17, 15) is 18.5 Å². The predicted octanol–water partition coefficient (Wildman–Crippen LogP) is 2.24. The molecule has 8 heteroatoms. The molecule has 1 aromatic rings. The molecule has 0 aliphatic carbocycles. The van der Waals surface area contributed by atoms with Crippen LogP contribution in [0.15, 0.2) is 12.1 Å². The average molecular weight is 303 g/mol. The first kappa shape index (κ1) is 16.2. The van der Waals surface area contributed by atoms with Gasteiger partial charge in [-0.2, -0.15) is 8.42 Å². The highest BCUT2D eigenvalue weighted by Gasteiger charge is 2.27. The molecule has 0 aliphatic rings. The maximum absolute atomic E-state index is 11.3. The summed E-state index contributed by atoms with van der Waals surface area (Å²) in [5, 5.41) is 11.1. The van der Waals surface area contributed by atoms with Gasteiger partial charge in [0.15, 0.2) is 5.75 Å². The third-order valence-electron chi connectivity index (χ3n) is 2.54. The lowest BCUT2D eigenvalue weighted by molar-refractivity contribution is -0.385. The molecule has 20 heavy (non-hydrogen) atoms. The summed E-state index contributed by atoms with van der Waals surface area (Å²) in [5.74, 6) is -0.400. The molecule has 0 radical (unpaired) electrons. The van der Waals surface area contributed by atoms with Gasteiger partial charge < -0.3 is 8.92 Å². The van der Waals surface area contributed by atoms with Crippen LogP contribution < -0.4 is 8.92 Å². The normalized spacial score (nSPS) is 12.1. The Morgan fingerprint density at radius 2 is 1.80 bits per heavy atom. The van der Waals surface area contributed by atoms with Gasteiger partial charge in [0.2, 0.25) is 5.75 Å². The van der Waals surface area contributed by atoms with Crippen LogP contribution in [0.2, 0.25) is 0 Å². The highest BCUT2D eigenvalue weighted by Crippen LogP contribution is 2.41. The van der Waals surface area contributed by atoms with Crippen LogP contribution in [-0.4, -0.2) is 26.7 Å². The lowest BCUT2D eigenvalue weighted by Gasteiger charge is -2.20. The quantitative estimate of drug-likeness (QED) is 0.481. The Morgan fingerprint density at radius 1 is 1.25 bits per heavy atom. The van der Waals surface area contributed by atoms with Crippen molar-refractivity contribution in [2.45, 2.75) is 26.2 Å². The molecule has 0 amide bonds. The molecule has 1 rings (SSSR count). The zero-order chi connectivity index (χ0) is 15.7. The number of benzene rings is 1. The summed E-state index contributed by atoms with van der Waals surface area (Å²) >= 11 is 0. The molecule has 0 spiro atoms. The Labute approximate surface area is 117 Å². The number of rotatable bonds is 4. The van der Waals surface area contributed by atoms with Crippen LogP contribution in [0.5, 0.6) is 11.5 Å². The van der Waals surface area contributed by atoms with Gasteiger partial charge in [-0.25, -0.2) is 0 Å². The van der Waals surface area contributed by atoms with Crippen molar-refractivity contribution in [3.05, 3.63) is 27.8 Å². The van der Waals surface area contributed by atoms with E-state index in [4.69, 9.17) is 8.92 Å². The largest absolute Gasteiger partial charge is 0.488 e. The van der Waals surface area contributed by atoms with E-state index < -0.39 is 20.5 Å². The minimum absolute atomic E-state index is 0.186. The SMILES string of the molecule is COc1c(OS(C)(=O)=O)cc(C(C)(C)C)cc1[N+](=O)[O-]. The monoisotopic (exact) mass is 303 g/mol. The van der Waals surface area contributed by atoms with Gasteiger partial charge in [-0.15, -0.1) is 0 Å². The molecule has 112 valence electrons. The van der Waals surface area contributed by atoms with Crippen molar-refractivity contribution in [1.82, 2.24) is 0 Å². The van der Waals surface area contributed by atoms with E-state index in [0.29, 0.717) is 5.56 Å². The molecule has 0 aromatic heterocycles. The van der Waals surface area contributed by atoms with E-state index in [1.165, 1.54) is 19.2 Å². The smallest absolute Gasteiger partial charge is 0.315 e. The van der Waals surface area contributed by atoms with E-state index in [-0.39, 0.29) is 17.2 Å². The van der Waals surface area contributed by atoms with Gasteiger partial charge in [-0.05, 0) is 17.0 Å². The van der Waals surface area contributed by atoms with Gasteiger partial charge >= 0.3 is 15.8 Å². The van der Waals surface area contributed by atoms with Crippen molar-refractivity contribution >= 4 is 15.8 Å². The molecule has 0 N–H and O–H groups in total. The van der Waals surface area contributed by atoms with E-state index in [1.54, 1.807) is 0 Å². The fourth-order valence-electron chi connectivity index (χ4n) is 1.59. The third-order valence-corrected chi connectivity index (χ3v) is 3.03. The van der Waals surface area contributed by atoms with Gasteiger partial charge in [-0.3, -0.25) is 10.1 Å². The van der Waals surface area contributed by atoms with Crippen molar-refractivity contribution in [3.8, 4) is 11.5 Å². The lowest BCUT2D eigenvalue weighted by Crippen LogP contribution is -2.14. The predicted molar refractivity (Wildman–Crippen MR) is 73.8 cm³/mol. The van der Waals surface area contributed by atoms with E-state index in [1.807, 2.05) is 20.8 Å². The molecule has 0 bridgehead atoms. The molecule has 0 unspecified atom stereocenters. The van der Waals surface area contributed by atoms with Crippen LogP contribution in [0.1, 0.15) is 26.3 Å². The molecule has 0 saturated carbocycles. The van der Waals surface area contributed by atoms with Crippen LogP contribution in [0.4, 0.5) is 5.69 Å². The first-order valence-corrected chi connectivity index (χ1v) is 7.53. The fourth-order valence-corrected chi connectivity index (χ4v) is 2.04. The van der Waals surface area contributed by atoms with E-state index >= 15 is 0 Å². The number of ether oxygens (including phenoxy) is 1. The van der Waals surface area contributed by atoms with Crippen LogP contribution in [-0.2, 0) is 15.5 Å². The fraction of sp³-hybridized carbons (Fsp3) is 0.500. The van der Waals surface area contributed by atoms with Crippen LogP contribution in [0.3, 0.4) is 0 Å². The summed E-state index contributed by atoms with van der Waals surface area (Å²) in [6.45, 7) is 5.55. The van der Waals surface area contributed by atoms with Crippen molar-refractivity contribution < 1.29 is 22.3 Å². The standard InChI is InChI=1S/C12H17NO6S/c1-12(2,3)8-6-9(13(14)15)11(18-4)10(7-8)19-20(5,16)17/h6-7H,1-5H3.